The second kappa shape index (κ2) is 13.3. The maximum Gasteiger partial charge on any atom is 0.246 e. The van der Waals surface area contributed by atoms with Gasteiger partial charge in [-0.2, -0.15) is 4.31 Å². The minimum atomic E-state index is -3.71. The van der Waals surface area contributed by atoms with Crippen LogP contribution in [0.1, 0.15) is 17.2 Å². The second-order valence-corrected chi connectivity index (χ2v) is 12.2. The van der Waals surface area contributed by atoms with Crippen LogP contribution in [0.15, 0.2) is 77.7 Å². The molecule has 2 saturated heterocycles. The van der Waals surface area contributed by atoms with Gasteiger partial charge in [-0.15, -0.1) is 0 Å². The number of anilines is 1. The number of hydrogen-bond acceptors (Lipinski definition) is 7. The predicted octanol–water partition coefficient (Wildman–Crippen LogP) is 4.30. The average Bonchev–Trinajstić information content (AvgIpc) is 3.00. The number of methoxy groups -OCH3 is 1. The van der Waals surface area contributed by atoms with Gasteiger partial charge in [0.15, 0.2) is 0 Å². The molecule has 2 aliphatic rings. The summed E-state index contributed by atoms with van der Waals surface area (Å²) in [5.41, 5.74) is 3.41. The Hall–Kier alpha value is -2.66. The van der Waals surface area contributed by atoms with Gasteiger partial charge in [0.25, 0.3) is 0 Å². The van der Waals surface area contributed by atoms with Crippen LogP contribution in [0.25, 0.3) is 0 Å². The summed E-state index contributed by atoms with van der Waals surface area (Å²) < 4.78 is 45.3. The van der Waals surface area contributed by atoms with Crippen LogP contribution in [-0.2, 0) is 19.5 Å². The standard InChI is InChI=1S/C30H36ClN3O5S/c1-37-28-12-9-26(31)23-29(28)40(35,36)34-15-13-32(14-16-34)17-22-39-30(24-5-3-2-4-6-24)25-7-10-27(11-8-25)33-18-20-38-21-19-33/h2-12,23,30H,13-22H2,1H3/t30-/m1/s1. The molecule has 5 rings (SSSR count). The van der Waals surface area contributed by atoms with E-state index >= 15 is 0 Å². The van der Waals surface area contributed by atoms with Crippen molar-refractivity contribution in [1.82, 2.24) is 9.21 Å². The monoisotopic (exact) mass is 585 g/mol. The second-order valence-electron chi connectivity index (χ2n) is 9.89. The average molecular weight is 586 g/mol. The molecule has 3 aromatic carbocycles. The molecule has 214 valence electrons. The van der Waals surface area contributed by atoms with E-state index in [1.807, 2.05) is 18.2 Å². The minimum absolute atomic E-state index is 0.102. The number of ether oxygens (including phenoxy) is 3. The molecule has 2 fully saturated rings. The molecule has 40 heavy (non-hydrogen) atoms. The van der Waals surface area contributed by atoms with Crippen LogP contribution in [0.3, 0.4) is 0 Å². The van der Waals surface area contributed by atoms with Crippen molar-refractivity contribution in [3.8, 4) is 5.75 Å². The van der Waals surface area contributed by atoms with Gasteiger partial charge in [-0.25, -0.2) is 8.42 Å². The maximum atomic E-state index is 13.3. The summed E-state index contributed by atoms with van der Waals surface area (Å²) >= 11 is 6.09. The molecule has 0 amide bonds. The van der Waals surface area contributed by atoms with E-state index in [9.17, 15) is 8.42 Å². The Bertz CT molecular complexity index is 1340. The van der Waals surface area contributed by atoms with Crippen molar-refractivity contribution in [2.24, 2.45) is 0 Å². The van der Waals surface area contributed by atoms with Crippen molar-refractivity contribution in [3.63, 3.8) is 0 Å². The van der Waals surface area contributed by atoms with Crippen LogP contribution in [0.4, 0.5) is 5.69 Å². The Kier molecular flexibility index (Phi) is 9.62. The van der Waals surface area contributed by atoms with Gasteiger partial charge in [0, 0.05) is 56.5 Å². The van der Waals surface area contributed by atoms with E-state index in [1.165, 1.54) is 23.2 Å². The molecular formula is C30H36ClN3O5S. The molecule has 0 unspecified atom stereocenters. The van der Waals surface area contributed by atoms with Crippen LogP contribution < -0.4 is 9.64 Å². The van der Waals surface area contributed by atoms with Gasteiger partial charge in [0.2, 0.25) is 10.0 Å². The normalized spacial score (nSPS) is 18.0. The molecule has 1 atom stereocenters. The van der Waals surface area contributed by atoms with Gasteiger partial charge in [0.05, 0.1) is 26.9 Å². The van der Waals surface area contributed by atoms with Gasteiger partial charge in [-0.1, -0.05) is 54.1 Å². The molecular weight excluding hydrogens is 550 g/mol. The molecule has 8 nitrogen and oxygen atoms in total. The van der Waals surface area contributed by atoms with E-state index in [2.05, 4.69) is 46.2 Å². The van der Waals surface area contributed by atoms with E-state index in [0.29, 0.717) is 50.1 Å². The number of sulfonamides is 1. The quantitative estimate of drug-likeness (QED) is 0.351. The topological polar surface area (TPSA) is 71.6 Å². The smallest absolute Gasteiger partial charge is 0.246 e. The summed E-state index contributed by atoms with van der Waals surface area (Å²) in [5, 5.41) is 0.360. The van der Waals surface area contributed by atoms with Gasteiger partial charge in [0.1, 0.15) is 16.7 Å². The van der Waals surface area contributed by atoms with E-state index in [4.69, 9.17) is 25.8 Å². The summed E-state index contributed by atoms with van der Waals surface area (Å²) in [7, 11) is -2.25. The van der Waals surface area contributed by atoms with Gasteiger partial charge in [-0.05, 0) is 41.5 Å². The van der Waals surface area contributed by atoms with Crippen LogP contribution >= 0.6 is 11.6 Å². The molecule has 2 aliphatic heterocycles. The molecule has 0 saturated carbocycles. The summed E-state index contributed by atoms with van der Waals surface area (Å²) in [6.07, 6.45) is -0.183. The van der Waals surface area contributed by atoms with Crippen molar-refractivity contribution < 1.29 is 22.6 Å². The fraction of sp³-hybridized carbons (Fsp3) is 0.400. The zero-order valence-corrected chi connectivity index (χ0v) is 24.3. The molecule has 0 N–H and O–H groups in total. The van der Waals surface area contributed by atoms with Crippen molar-refractivity contribution in [2.75, 3.05) is 77.6 Å². The molecule has 0 radical (unpaired) electrons. The van der Waals surface area contributed by atoms with E-state index in [-0.39, 0.29) is 11.0 Å². The zero-order chi connectivity index (χ0) is 28.0. The SMILES string of the molecule is COc1ccc(Cl)cc1S(=O)(=O)N1CCN(CCO[C@H](c2ccccc2)c2ccc(N3CCOCC3)cc2)CC1. The zero-order valence-electron chi connectivity index (χ0n) is 22.7. The van der Waals surface area contributed by atoms with E-state index in [0.717, 1.165) is 37.4 Å². The predicted molar refractivity (Wildman–Crippen MR) is 157 cm³/mol. The first kappa shape index (κ1) is 28.9. The highest BCUT2D eigenvalue weighted by molar-refractivity contribution is 7.89. The first-order chi connectivity index (χ1) is 19.5. The van der Waals surface area contributed by atoms with Crippen LogP contribution in [0.2, 0.25) is 5.02 Å². The maximum absolute atomic E-state index is 13.3. The third kappa shape index (κ3) is 6.79. The molecule has 2 heterocycles. The van der Waals surface area contributed by atoms with Gasteiger partial charge >= 0.3 is 0 Å². The molecule has 0 bridgehead atoms. The highest BCUT2D eigenvalue weighted by atomic mass is 35.5. The first-order valence-corrected chi connectivity index (χ1v) is 15.4. The molecule has 0 aliphatic carbocycles. The van der Waals surface area contributed by atoms with Crippen molar-refractivity contribution in [2.45, 2.75) is 11.0 Å². The number of nitrogens with zero attached hydrogens (tertiary/aromatic N) is 3. The number of morpholine rings is 1. The fourth-order valence-corrected chi connectivity index (χ4v) is 7.02. The lowest BCUT2D eigenvalue weighted by atomic mass is 10.0. The van der Waals surface area contributed by atoms with E-state index in [1.54, 1.807) is 12.1 Å². The number of piperazine rings is 1. The van der Waals surface area contributed by atoms with Crippen molar-refractivity contribution in [3.05, 3.63) is 88.9 Å². The molecule has 0 spiro atoms. The Morgan fingerprint density at radius 2 is 1.55 bits per heavy atom. The Morgan fingerprint density at radius 1 is 0.875 bits per heavy atom. The lowest BCUT2D eigenvalue weighted by Gasteiger charge is -2.34. The summed E-state index contributed by atoms with van der Waals surface area (Å²) in [6.45, 7) is 6.58. The molecule has 10 heteroatoms. The van der Waals surface area contributed by atoms with Crippen LogP contribution in [-0.4, -0.2) is 90.4 Å². The third-order valence-corrected chi connectivity index (χ3v) is 9.60. The highest BCUT2D eigenvalue weighted by Crippen LogP contribution is 2.31. The van der Waals surface area contributed by atoms with Crippen molar-refractivity contribution >= 4 is 27.3 Å². The molecule has 3 aromatic rings. The number of halogens is 1. The van der Waals surface area contributed by atoms with Gasteiger partial charge < -0.3 is 19.1 Å². The minimum Gasteiger partial charge on any atom is -0.495 e. The van der Waals surface area contributed by atoms with Crippen LogP contribution in [0, 0.1) is 0 Å². The largest absolute Gasteiger partial charge is 0.495 e. The fourth-order valence-electron chi connectivity index (χ4n) is 5.18. The summed E-state index contributed by atoms with van der Waals surface area (Å²) in [4.78, 5) is 4.68. The summed E-state index contributed by atoms with van der Waals surface area (Å²) in [6, 6.07) is 23.5. The summed E-state index contributed by atoms with van der Waals surface area (Å²) in [5.74, 6) is 0.296. The lowest BCUT2D eigenvalue weighted by molar-refractivity contribution is 0.0527. The lowest BCUT2D eigenvalue weighted by Crippen LogP contribution is -2.49. The molecule has 0 aromatic heterocycles. The van der Waals surface area contributed by atoms with Crippen molar-refractivity contribution in [1.29, 1.82) is 0 Å². The number of rotatable bonds is 10. The number of hydrogen-bond donors (Lipinski definition) is 0. The third-order valence-electron chi connectivity index (χ3n) is 7.44. The Morgan fingerprint density at radius 3 is 2.23 bits per heavy atom. The van der Waals surface area contributed by atoms with E-state index < -0.39 is 10.0 Å². The number of benzene rings is 3. The van der Waals surface area contributed by atoms with Gasteiger partial charge in [-0.3, -0.25) is 4.90 Å². The Labute approximate surface area is 242 Å². The highest BCUT2D eigenvalue weighted by Gasteiger charge is 2.31. The van der Waals surface area contributed by atoms with Crippen LogP contribution in [0.5, 0.6) is 5.75 Å². The Balaban J connectivity index is 1.19. The first-order valence-electron chi connectivity index (χ1n) is 13.6.